The van der Waals surface area contributed by atoms with Crippen molar-refractivity contribution in [3.63, 3.8) is 0 Å². The Bertz CT molecular complexity index is 1320. The lowest BCUT2D eigenvalue weighted by molar-refractivity contribution is -0.118. The van der Waals surface area contributed by atoms with Gasteiger partial charge in [-0.05, 0) is 68.1 Å². The summed E-state index contributed by atoms with van der Waals surface area (Å²) in [6, 6.07) is 10.5. The molecule has 1 aliphatic heterocycles. The molecule has 0 saturated carbocycles. The first kappa shape index (κ1) is 27.5. The van der Waals surface area contributed by atoms with Gasteiger partial charge in [-0.15, -0.1) is 0 Å². The number of rotatable bonds is 11. The molecular formula is C27H35N3O5S2. The average Bonchev–Trinajstić information content (AvgIpc) is 3.34. The zero-order valence-corrected chi connectivity index (χ0v) is 23.4. The monoisotopic (exact) mass is 545 g/mol. The van der Waals surface area contributed by atoms with Gasteiger partial charge in [0, 0.05) is 32.6 Å². The second-order valence-corrected chi connectivity index (χ2v) is 12.4. The predicted molar refractivity (Wildman–Crippen MR) is 148 cm³/mol. The number of methoxy groups -OCH3 is 1. The van der Waals surface area contributed by atoms with Crippen molar-refractivity contribution in [1.29, 1.82) is 0 Å². The van der Waals surface area contributed by atoms with E-state index in [-0.39, 0.29) is 29.4 Å². The Morgan fingerprint density at radius 1 is 1.11 bits per heavy atom. The number of nitrogens with zero attached hydrogens (tertiary/aromatic N) is 3. The second kappa shape index (κ2) is 12.3. The normalized spacial score (nSPS) is 14.7. The molecular weight excluding hydrogens is 510 g/mol. The summed E-state index contributed by atoms with van der Waals surface area (Å²) >= 11 is 1.51. The number of hydrogen-bond donors (Lipinski definition) is 0. The van der Waals surface area contributed by atoms with Gasteiger partial charge in [0.2, 0.25) is 5.91 Å². The smallest absolute Gasteiger partial charge is 0.228 e. The number of hydrogen-bond acceptors (Lipinski definition) is 8. The Morgan fingerprint density at radius 3 is 2.54 bits per heavy atom. The fraction of sp³-hybridized carbons (Fsp3) is 0.481. The molecule has 0 unspecified atom stereocenters. The fourth-order valence-electron chi connectivity index (χ4n) is 4.38. The number of aryl methyl sites for hydroxylation is 2. The van der Waals surface area contributed by atoms with E-state index in [0.717, 1.165) is 55.0 Å². The summed E-state index contributed by atoms with van der Waals surface area (Å²) in [6.07, 6.45) is 1.20. The molecule has 1 aliphatic rings. The zero-order chi connectivity index (χ0) is 26.4. The molecule has 0 N–H and O–H groups in total. The van der Waals surface area contributed by atoms with Crippen molar-refractivity contribution in [3.05, 3.63) is 47.5 Å². The van der Waals surface area contributed by atoms with Crippen molar-refractivity contribution in [3.8, 4) is 5.75 Å². The van der Waals surface area contributed by atoms with E-state index in [1.807, 2.05) is 0 Å². The third kappa shape index (κ3) is 6.87. The van der Waals surface area contributed by atoms with Gasteiger partial charge < -0.3 is 9.47 Å². The maximum Gasteiger partial charge on any atom is 0.228 e. The Morgan fingerprint density at radius 2 is 1.84 bits per heavy atom. The van der Waals surface area contributed by atoms with Crippen molar-refractivity contribution >= 4 is 42.4 Å². The average molecular weight is 546 g/mol. The summed E-state index contributed by atoms with van der Waals surface area (Å²) in [6.45, 7) is 8.80. The second-order valence-electron chi connectivity index (χ2n) is 9.30. The van der Waals surface area contributed by atoms with Gasteiger partial charge in [0.25, 0.3) is 0 Å². The molecule has 1 aromatic heterocycles. The lowest BCUT2D eigenvalue weighted by atomic mass is 10.1. The van der Waals surface area contributed by atoms with Crippen molar-refractivity contribution in [2.75, 3.05) is 57.2 Å². The third-order valence-electron chi connectivity index (χ3n) is 6.79. The SMILES string of the molecule is COc1ccc(S(=O)(=O)CCCC(=O)N(CCCN2CCOCC2)c2nc3c(C)c(C)ccc3s2)cc1. The number of aromatic nitrogens is 1. The van der Waals surface area contributed by atoms with Crippen molar-refractivity contribution in [1.82, 2.24) is 9.88 Å². The van der Waals surface area contributed by atoms with Crippen LogP contribution in [-0.2, 0) is 19.4 Å². The number of amides is 1. The molecule has 1 amide bonds. The van der Waals surface area contributed by atoms with Gasteiger partial charge in [-0.2, -0.15) is 0 Å². The summed E-state index contributed by atoms with van der Waals surface area (Å²) in [5.41, 5.74) is 3.21. The van der Waals surface area contributed by atoms with E-state index in [1.165, 1.54) is 24.0 Å². The molecule has 1 saturated heterocycles. The molecule has 37 heavy (non-hydrogen) atoms. The standard InChI is InChI=1S/C27H35N3O5S2/c1-20-7-12-24-26(21(20)2)28-27(36-24)30(14-5-13-29-15-17-35-18-16-29)25(31)6-4-19-37(32,33)23-10-8-22(34-3)9-11-23/h7-12H,4-6,13-19H2,1-3H3. The first-order valence-electron chi connectivity index (χ1n) is 12.6. The number of benzene rings is 2. The summed E-state index contributed by atoms with van der Waals surface area (Å²) in [5.74, 6) is 0.411. The maximum atomic E-state index is 13.4. The van der Waals surface area contributed by atoms with Crippen molar-refractivity contribution < 1.29 is 22.7 Å². The highest BCUT2D eigenvalue weighted by Crippen LogP contribution is 2.32. The van der Waals surface area contributed by atoms with Crippen LogP contribution in [-0.4, -0.2) is 76.5 Å². The minimum atomic E-state index is -3.49. The van der Waals surface area contributed by atoms with Crippen LogP contribution in [0.5, 0.6) is 5.75 Å². The maximum absolute atomic E-state index is 13.4. The molecule has 2 aromatic carbocycles. The highest BCUT2D eigenvalue weighted by Gasteiger charge is 2.22. The van der Waals surface area contributed by atoms with Crippen LogP contribution >= 0.6 is 11.3 Å². The van der Waals surface area contributed by atoms with Gasteiger partial charge in [-0.3, -0.25) is 14.6 Å². The van der Waals surface area contributed by atoms with Gasteiger partial charge in [-0.1, -0.05) is 17.4 Å². The summed E-state index contributed by atoms with van der Waals surface area (Å²) < 4.78 is 37.2. The van der Waals surface area contributed by atoms with Crippen molar-refractivity contribution in [2.24, 2.45) is 0 Å². The van der Waals surface area contributed by atoms with Crippen LogP contribution in [0.2, 0.25) is 0 Å². The van der Waals surface area contributed by atoms with Crippen LogP contribution in [0.4, 0.5) is 5.13 Å². The molecule has 0 spiro atoms. The minimum Gasteiger partial charge on any atom is -0.497 e. The van der Waals surface area contributed by atoms with Gasteiger partial charge >= 0.3 is 0 Å². The molecule has 200 valence electrons. The lowest BCUT2D eigenvalue weighted by Crippen LogP contribution is -2.39. The van der Waals surface area contributed by atoms with E-state index in [2.05, 4.69) is 30.9 Å². The third-order valence-corrected chi connectivity index (χ3v) is 9.65. The van der Waals surface area contributed by atoms with Gasteiger partial charge in [0.05, 0.1) is 41.2 Å². The molecule has 8 nitrogen and oxygen atoms in total. The largest absolute Gasteiger partial charge is 0.497 e. The van der Waals surface area contributed by atoms with Crippen LogP contribution in [0.25, 0.3) is 10.2 Å². The number of thiazole rings is 1. The molecule has 1 fully saturated rings. The summed E-state index contributed by atoms with van der Waals surface area (Å²) in [7, 11) is -1.95. The van der Waals surface area contributed by atoms with E-state index >= 15 is 0 Å². The number of anilines is 1. The predicted octanol–water partition coefficient (Wildman–Crippen LogP) is 4.23. The van der Waals surface area contributed by atoms with E-state index in [0.29, 0.717) is 17.4 Å². The Balaban J connectivity index is 1.44. The number of fused-ring (bicyclic) bond motifs is 1. The molecule has 10 heteroatoms. The number of ether oxygens (including phenoxy) is 2. The molecule has 0 atom stereocenters. The first-order valence-corrected chi connectivity index (χ1v) is 15.1. The highest BCUT2D eigenvalue weighted by molar-refractivity contribution is 7.91. The Labute approximate surface area is 223 Å². The Hall–Kier alpha value is -2.53. The zero-order valence-electron chi connectivity index (χ0n) is 21.7. The van der Waals surface area contributed by atoms with Gasteiger partial charge in [-0.25, -0.2) is 13.4 Å². The number of carbonyl (C=O) groups is 1. The lowest BCUT2D eigenvalue weighted by Gasteiger charge is -2.27. The van der Waals surface area contributed by atoms with Crippen LogP contribution in [0.15, 0.2) is 41.3 Å². The summed E-state index contributed by atoms with van der Waals surface area (Å²) in [5, 5.41) is 0.675. The van der Waals surface area contributed by atoms with E-state index in [4.69, 9.17) is 14.5 Å². The Kier molecular flexibility index (Phi) is 9.17. The highest BCUT2D eigenvalue weighted by atomic mass is 32.2. The molecule has 0 bridgehead atoms. The quantitative estimate of drug-likeness (QED) is 0.356. The van der Waals surface area contributed by atoms with Gasteiger partial charge in [0.1, 0.15) is 5.75 Å². The number of morpholine rings is 1. The fourth-order valence-corrected chi connectivity index (χ4v) is 6.76. The number of sulfone groups is 1. The van der Waals surface area contributed by atoms with Crippen LogP contribution in [0.3, 0.4) is 0 Å². The van der Waals surface area contributed by atoms with E-state index < -0.39 is 9.84 Å². The molecule has 4 rings (SSSR count). The molecule has 3 aromatic rings. The first-order chi connectivity index (χ1) is 17.8. The molecule has 0 radical (unpaired) electrons. The van der Waals surface area contributed by atoms with E-state index in [9.17, 15) is 13.2 Å². The minimum absolute atomic E-state index is 0.0924. The van der Waals surface area contributed by atoms with Crippen LogP contribution in [0.1, 0.15) is 30.4 Å². The van der Waals surface area contributed by atoms with Crippen molar-refractivity contribution in [2.45, 2.75) is 38.0 Å². The van der Waals surface area contributed by atoms with Gasteiger partial charge in [0.15, 0.2) is 15.0 Å². The topological polar surface area (TPSA) is 89.0 Å². The van der Waals surface area contributed by atoms with E-state index in [1.54, 1.807) is 29.2 Å². The molecule has 0 aliphatic carbocycles. The number of carbonyl (C=O) groups excluding carboxylic acids is 1. The molecule has 2 heterocycles. The van der Waals surface area contributed by atoms with Crippen LogP contribution in [0, 0.1) is 13.8 Å². The van der Waals surface area contributed by atoms with Crippen LogP contribution < -0.4 is 9.64 Å². The summed E-state index contributed by atoms with van der Waals surface area (Å²) in [4.78, 5) is 22.6.